The minimum absolute atomic E-state index is 0.0416. The third-order valence-electron chi connectivity index (χ3n) is 8.26. The summed E-state index contributed by atoms with van der Waals surface area (Å²) in [5, 5.41) is 10.5. The number of amides is 2. The summed E-state index contributed by atoms with van der Waals surface area (Å²) in [5.74, 6) is -3.27. The lowest BCUT2D eigenvalue weighted by atomic mass is 10.0. The van der Waals surface area contributed by atoms with E-state index < -0.39 is 40.6 Å². The molecule has 0 aliphatic carbocycles. The topological polar surface area (TPSA) is 98.7 Å². The molecule has 220 valence electrons. The minimum atomic E-state index is -1.03. The average molecular weight is 572 g/mol. The molecule has 2 aromatic rings. The number of fused-ring (bicyclic) bond motifs is 2. The number of piperazine rings is 1. The summed E-state index contributed by atoms with van der Waals surface area (Å²) in [6.07, 6.45) is 1.96. The van der Waals surface area contributed by atoms with E-state index in [1.165, 1.54) is 18.2 Å². The van der Waals surface area contributed by atoms with Gasteiger partial charge in [-0.1, -0.05) is 12.6 Å². The third kappa shape index (κ3) is 5.21. The highest BCUT2D eigenvalue weighted by molar-refractivity contribution is 6.03. The Hall–Kier alpha value is -3.77. The van der Waals surface area contributed by atoms with E-state index in [2.05, 4.69) is 16.5 Å². The summed E-state index contributed by atoms with van der Waals surface area (Å²) >= 11 is 0. The van der Waals surface area contributed by atoms with Crippen molar-refractivity contribution in [1.82, 2.24) is 19.7 Å². The first-order valence-corrected chi connectivity index (χ1v) is 13.7. The molecule has 1 aromatic heterocycles. The van der Waals surface area contributed by atoms with Crippen LogP contribution < -0.4 is 9.64 Å². The van der Waals surface area contributed by atoms with Crippen molar-refractivity contribution < 1.29 is 33.0 Å². The zero-order valence-electron chi connectivity index (χ0n) is 23.5. The summed E-state index contributed by atoms with van der Waals surface area (Å²) in [5.41, 5.74) is -0.885. The maximum Gasteiger partial charge on any atom is 0.262 e. The smallest absolute Gasteiger partial charge is 0.262 e. The van der Waals surface area contributed by atoms with Crippen LogP contribution in [0.15, 0.2) is 30.9 Å². The Balaban J connectivity index is 1.62. The summed E-state index contributed by atoms with van der Waals surface area (Å²) in [6.45, 7) is 7.89. The van der Waals surface area contributed by atoms with Crippen LogP contribution in [0.5, 0.6) is 11.5 Å². The SMILES string of the molecule is C=CC(=O)N1CCN2C(=O)c3c(N4CC(N(C)CCOC)CC4C)nc(-c4c(O)cccc4F)c(F)c3OC[C@H]2C1. The Morgan fingerprint density at radius 1 is 1.27 bits per heavy atom. The molecule has 0 saturated carbocycles. The molecule has 0 radical (unpaired) electrons. The monoisotopic (exact) mass is 571 g/mol. The number of methoxy groups -OCH3 is 1. The van der Waals surface area contributed by atoms with Gasteiger partial charge in [0.15, 0.2) is 11.6 Å². The molecule has 2 unspecified atom stereocenters. The van der Waals surface area contributed by atoms with Crippen LogP contribution in [0.1, 0.15) is 23.7 Å². The molecule has 4 heterocycles. The van der Waals surface area contributed by atoms with E-state index in [0.29, 0.717) is 26.2 Å². The number of hydrogen-bond donors (Lipinski definition) is 1. The normalized spacial score (nSPS) is 22.3. The van der Waals surface area contributed by atoms with E-state index in [9.17, 15) is 14.7 Å². The first-order chi connectivity index (χ1) is 19.7. The molecule has 2 saturated heterocycles. The van der Waals surface area contributed by atoms with E-state index in [-0.39, 0.29) is 54.8 Å². The number of aromatic nitrogens is 1. The van der Waals surface area contributed by atoms with Gasteiger partial charge < -0.3 is 29.3 Å². The van der Waals surface area contributed by atoms with Crippen molar-refractivity contribution in [3.63, 3.8) is 0 Å². The Labute approximate surface area is 237 Å². The number of rotatable bonds is 7. The van der Waals surface area contributed by atoms with Gasteiger partial charge in [0.2, 0.25) is 5.91 Å². The standard InChI is InChI=1S/C29H35F2N5O5/c1-5-22(38)34-9-10-35-19(14-34)16-41-27-24(29(35)39)28(36-15-18(13-17(36)2)33(3)11-12-40-4)32-26(25(27)31)23-20(30)7-6-8-21(23)37/h5-8,17-19,37H,1,9-16H2,2-4H3/t17?,18?,19-/m1/s1. The van der Waals surface area contributed by atoms with Crippen molar-refractivity contribution >= 4 is 17.6 Å². The fraction of sp³-hybridized carbons (Fsp3) is 0.483. The highest BCUT2D eigenvalue weighted by atomic mass is 19.1. The molecular formula is C29H35F2N5O5. The number of anilines is 1. The van der Waals surface area contributed by atoms with Crippen molar-refractivity contribution in [2.24, 2.45) is 0 Å². The van der Waals surface area contributed by atoms with Crippen molar-refractivity contribution in [2.45, 2.75) is 31.5 Å². The molecule has 0 bridgehead atoms. The predicted octanol–water partition coefficient (Wildman–Crippen LogP) is 2.51. The van der Waals surface area contributed by atoms with Crippen LogP contribution in [-0.4, -0.2) is 115 Å². The number of aromatic hydroxyl groups is 1. The van der Waals surface area contributed by atoms with Crippen LogP contribution >= 0.6 is 0 Å². The van der Waals surface area contributed by atoms with Gasteiger partial charge in [-0.3, -0.25) is 14.5 Å². The molecule has 1 aromatic carbocycles. The summed E-state index contributed by atoms with van der Waals surface area (Å²) in [6, 6.07) is 3.14. The molecule has 1 N–H and O–H groups in total. The Kier molecular flexibility index (Phi) is 8.14. The van der Waals surface area contributed by atoms with E-state index in [0.717, 1.165) is 12.5 Å². The maximum absolute atomic E-state index is 16.2. The maximum atomic E-state index is 16.2. The molecule has 12 heteroatoms. The third-order valence-corrected chi connectivity index (χ3v) is 8.26. The number of carbonyl (C=O) groups excluding carboxylic acids is 2. The minimum Gasteiger partial charge on any atom is -0.507 e. The van der Waals surface area contributed by atoms with Crippen molar-refractivity contribution in [1.29, 1.82) is 0 Å². The number of ether oxygens (including phenoxy) is 2. The molecule has 5 rings (SSSR count). The summed E-state index contributed by atoms with van der Waals surface area (Å²) < 4.78 is 42.5. The molecule has 0 spiro atoms. The van der Waals surface area contributed by atoms with Gasteiger partial charge in [-0.25, -0.2) is 13.8 Å². The highest BCUT2D eigenvalue weighted by Crippen LogP contribution is 2.43. The molecule has 10 nitrogen and oxygen atoms in total. The Bertz CT molecular complexity index is 1340. The second-order valence-electron chi connectivity index (χ2n) is 10.8. The van der Waals surface area contributed by atoms with Crippen LogP contribution in [-0.2, 0) is 9.53 Å². The number of hydrogen-bond acceptors (Lipinski definition) is 8. The zero-order valence-corrected chi connectivity index (χ0v) is 23.5. The van der Waals surface area contributed by atoms with Crippen LogP contribution in [0.4, 0.5) is 14.6 Å². The van der Waals surface area contributed by atoms with Gasteiger partial charge in [0.1, 0.15) is 35.2 Å². The van der Waals surface area contributed by atoms with Crippen molar-refractivity contribution in [3.05, 3.63) is 48.1 Å². The number of carbonyl (C=O) groups is 2. The van der Waals surface area contributed by atoms with E-state index in [1.807, 2.05) is 18.9 Å². The van der Waals surface area contributed by atoms with Crippen LogP contribution in [0, 0.1) is 11.6 Å². The van der Waals surface area contributed by atoms with Gasteiger partial charge >= 0.3 is 0 Å². The fourth-order valence-electron chi connectivity index (χ4n) is 5.93. The zero-order chi connectivity index (χ0) is 29.4. The van der Waals surface area contributed by atoms with E-state index in [4.69, 9.17) is 9.47 Å². The van der Waals surface area contributed by atoms with E-state index >= 15 is 8.78 Å². The van der Waals surface area contributed by atoms with Gasteiger partial charge in [0.05, 0.1) is 18.2 Å². The number of nitrogens with zero attached hydrogens (tertiary/aromatic N) is 5. The fourth-order valence-corrected chi connectivity index (χ4v) is 5.93. The number of pyridine rings is 1. The number of likely N-dealkylation sites (N-methyl/N-ethyl adjacent to an activating group) is 1. The van der Waals surface area contributed by atoms with Gasteiger partial charge in [0.25, 0.3) is 5.91 Å². The van der Waals surface area contributed by atoms with Gasteiger partial charge in [-0.2, -0.15) is 0 Å². The number of phenolic OH excluding ortho intramolecular Hbond substituents is 1. The molecule has 3 atom stereocenters. The quantitative estimate of drug-likeness (QED) is 0.507. The molecule has 2 fully saturated rings. The van der Waals surface area contributed by atoms with Crippen LogP contribution in [0.3, 0.4) is 0 Å². The van der Waals surface area contributed by atoms with Crippen LogP contribution in [0.2, 0.25) is 0 Å². The van der Waals surface area contributed by atoms with Crippen LogP contribution in [0.25, 0.3) is 11.3 Å². The van der Waals surface area contributed by atoms with Crippen molar-refractivity contribution in [3.8, 4) is 22.8 Å². The van der Waals surface area contributed by atoms with Gasteiger partial charge in [0, 0.05) is 51.9 Å². The number of phenols is 1. The average Bonchev–Trinajstić information content (AvgIpc) is 3.28. The van der Waals surface area contributed by atoms with Crippen molar-refractivity contribution in [2.75, 3.05) is 65.0 Å². The lowest BCUT2D eigenvalue weighted by Gasteiger charge is -2.39. The lowest BCUT2D eigenvalue weighted by molar-refractivity contribution is -0.128. The molecular weight excluding hydrogens is 536 g/mol. The molecule has 2 amide bonds. The summed E-state index contributed by atoms with van der Waals surface area (Å²) in [4.78, 5) is 38.2. The van der Waals surface area contributed by atoms with Gasteiger partial charge in [-0.15, -0.1) is 0 Å². The molecule has 41 heavy (non-hydrogen) atoms. The predicted molar refractivity (Wildman–Crippen MR) is 148 cm³/mol. The second-order valence-corrected chi connectivity index (χ2v) is 10.8. The molecule has 3 aliphatic heterocycles. The van der Waals surface area contributed by atoms with Gasteiger partial charge in [-0.05, 0) is 38.6 Å². The second kappa shape index (κ2) is 11.6. The molecule has 3 aliphatic rings. The first kappa shape index (κ1) is 28.7. The number of halogens is 2. The highest BCUT2D eigenvalue weighted by Gasteiger charge is 2.43. The van der Waals surface area contributed by atoms with E-state index in [1.54, 1.807) is 16.9 Å². The largest absolute Gasteiger partial charge is 0.507 e. The Morgan fingerprint density at radius 3 is 2.76 bits per heavy atom. The Morgan fingerprint density at radius 2 is 2.05 bits per heavy atom. The summed E-state index contributed by atoms with van der Waals surface area (Å²) in [7, 11) is 3.63. The number of benzene rings is 1. The lowest BCUT2D eigenvalue weighted by Crippen LogP contribution is -2.57. The first-order valence-electron chi connectivity index (χ1n) is 13.7.